The molecule has 3 aromatic rings. The van der Waals surface area contributed by atoms with Crippen LogP contribution in [-0.4, -0.2) is 21.9 Å². The van der Waals surface area contributed by atoms with E-state index in [9.17, 15) is 9.59 Å². The molecule has 6 heteroatoms. The molecule has 26 heavy (non-hydrogen) atoms. The van der Waals surface area contributed by atoms with Crippen molar-refractivity contribution in [1.82, 2.24) is 10.2 Å². The highest BCUT2D eigenvalue weighted by molar-refractivity contribution is 6.03. The first kappa shape index (κ1) is 17.3. The molecule has 0 saturated heterocycles. The lowest BCUT2D eigenvalue weighted by Gasteiger charge is -2.07. The van der Waals surface area contributed by atoms with Gasteiger partial charge in [-0.1, -0.05) is 29.8 Å². The van der Waals surface area contributed by atoms with E-state index in [-0.39, 0.29) is 17.4 Å². The van der Waals surface area contributed by atoms with E-state index < -0.39 is 0 Å². The Morgan fingerprint density at radius 1 is 0.885 bits per heavy atom. The predicted molar refractivity (Wildman–Crippen MR) is 101 cm³/mol. The molecule has 0 bridgehead atoms. The van der Waals surface area contributed by atoms with Crippen LogP contribution >= 0.6 is 0 Å². The fourth-order valence-electron chi connectivity index (χ4n) is 2.32. The van der Waals surface area contributed by atoms with Gasteiger partial charge in [0.15, 0.2) is 17.3 Å². The van der Waals surface area contributed by atoms with Crippen LogP contribution in [0.15, 0.2) is 60.7 Å². The highest BCUT2D eigenvalue weighted by Crippen LogP contribution is 2.15. The first-order valence-electron chi connectivity index (χ1n) is 8.11. The molecular formula is C20H18N4O2. The number of hydrogen-bond donors (Lipinski definition) is 2. The summed E-state index contributed by atoms with van der Waals surface area (Å²) < 4.78 is 0. The number of amides is 1. The Hall–Kier alpha value is -3.54. The van der Waals surface area contributed by atoms with Crippen LogP contribution in [0, 0.1) is 6.92 Å². The third-order valence-corrected chi connectivity index (χ3v) is 3.75. The van der Waals surface area contributed by atoms with Crippen molar-refractivity contribution >= 4 is 28.9 Å². The van der Waals surface area contributed by atoms with Crippen LogP contribution in [0.2, 0.25) is 0 Å². The van der Waals surface area contributed by atoms with Gasteiger partial charge in [0.1, 0.15) is 0 Å². The van der Waals surface area contributed by atoms with Crippen molar-refractivity contribution in [3.8, 4) is 0 Å². The molecule has 0 fully saturated rings. The van der Waals surface area contributed by atoms with E-state index in [1.807, 2.05) is 31.2 Å². The molecule has 0 saturated carbocycles. The Balaban J connectivity index is 1.68. The third-order valence-electron chi connectivity index (χ3n) is 3.75. The van der Waals surface area contributed by atoms with Crippen molar-refractivity contribution in [2.75, 3.05) is 10.6 Å². The number of ketones is 1. The molecule has 0 spiro atoms. The van der Waals surface area contributed by atoms with Crippen LogP contribution in [0.1, 0.15) is 33.3 Å². The van der Waals surface area contributed by atoms with E-state index >= 15 is 0 Å². The predicted octanol–water partition coefficient (Wildman–Crippen LogP) is 3.98. The maximum absolute atomic E-state index is 12.3. The summed E-state index contributed by atoms with van der Waals surface area (Å²) in [5.74, 6) is 0.0940. The quantitative estimate of drug-likeness (QED) is 0.683. The highest BCUT2D eigenvalue weighted by atomic mass is 16.2. The molecule has 1 aromatic heterocycles. The molecule has 0 aliphatic rings. The number of aromatic nitrogens is 2. The summed E-state index contributed by atoms with van der Waals surface area (Å²) in [6.07, 6.45) is 0. The van der Waals surface area contributed by atoms with Gasteiger partial charge in [-0.15, -0.1) is 10.2 Å². The van der Waals surface area contributed by atoms with Crippen LogP contribution in [0.4, 0.5) is 17.2 Å². The summed E-state index contributed by atoms with van der Waals surface area (Å²) in [7, 11) is 0. The minimum Gasteiger partial charge on any atom is -0.339 e. The molecule has 3 rings (SSSR count). The summed E-state index contributed by atoms with van der Waals surface area (Å²) in [5, 5.41) is 13.8. The van der Waals surface area contributed by atoms with Gasteiger partial charge in [0.2, 0.25) is 0 Å². The summed E-state index contributed by atoms with van der Waals surface area (Å²) in [6, 6.07) is 17.9. The smallest absolute Gasteiger partial charge is 0.276 e. The fraction of sp³-hybridized carbons (Fsp3) is 0.100. The SMILES string of the molecule is CC(=O)c1cccc(NC(=O)c2ccc(Nc3ccc(C)cc3)nn2)c1. The fourth-order valence-corrected chi connectivity index (χ4v) is 2.32. The maximum atomic E-state index is 12.3. The van der Waals surface area contributed by atoms with Gasteiger partial charge in [-0.05, 0) is 50.2 Å². The average Bonchev–Trinajstić information content (AvgIpc) is 2.64. The molecule has 0 unspecified atom stereocenters. The number of nitrogens with one attached hydrogen (secondary N) is 2. The molecule has 0 aliphatic carbocycles. The van der Waals surface area contributed by atoms with Gasteiger partial charge >= 0.3 is 0 Å². The number of anilines is 3. The number of hydrogen-bond acceptors (Lipinski definition) is 5. The molecule has 2 N–H and O–H groups in total. The summed E-state index contributed by atoms with van der Waals surface area (Å²) >= 11 is 0. The maximum Gasteiger partial charge on any atom is 0.276 e. The third kappa shape index (κ3) is 4.30. The van der Waals surface area contributed by atoms with Gasteiger partial charge in [-0.3, -0.25) is 9.59 Å². The van der Waals surface area contributed by atoms with E-state index in [0.717, 1.165) is 5.69 Å². The van der Waals surface area contributed by atoms with Gasteiger partial charge in [0, 0.05) is 16.9 Å². The van der Waals surface area contributed by atoms with Crippen molar-refractivity contribution in [3.63, 3.8) is 0 Å². The Bertz CT molecular complexity index is 935. The summed E-state index contributed by atoms with van der Waals surface area (Å²) in [4.78, 5) is 23.7. The molecule has 2 aromatic carbocycles. The number of nitrogens with zero attached hydrogens (tertiary/aromatic N) is 2. The van der Waals surface area contributed by atoms with E-state index in [4.69, 9.17) is 0 Å². The standard InChI is InChI=1S/C20H18N4O2/c1-13-6-8-16(9-7-13)21-19-11-10-18(23-24-19)20(26)22-17-5-3-4-15(12-17)14(2)25/h3-12H,1-2H3,(H,21,24)(H,22,26). The van der Waals surface area contributed by atoms with Gasteiger partial charge in [-0.2, -0.15) is 0 Å². The minimum atomic E-state index is -0.389. The van der Waals surface area contributed by atoms with E-state index in [2.05, 4.69) is 20.8 Å². The number of benzene rings is 2. The molecule has 1 amide bonds. The second kappa shape index (κ2) is 7.57. The van der Waals surface area contributed by atoms with Crippen LogP contribution in [0.3, 0.4) is 0 Å². The van der Waals surface area contributed by atoms with Crippen molar-refractivity contribution in [1.29, 1.82) is 0 Å². The lowest BCUT2D eigenvalue weighted by Crippen LogP contribution is -2.14. The number of carbonyl (C=O) groups is 2. The zero-order chi connectivity index (χ0) is 18.5. The van der Waals surface area contributed by atoms with Gasteiger partial charge in [-0.25, -0.2) is 0 Å². The van der Waals surface area contributed by atoms with Crippen molar-refractivity contribution in [2.45, 2.75) is 13.8 Å². The lowest BCUT2D eigenvalue weighted by atomic mass is 10.1. The largest absolute Gasteiger partial charge is 0.339 e. The zero-order valence-corrected chi connectivity index (χ0v) is 14.5. The second-order valence-electron chi connectivity index (χ2n) is 5.89. The Morgan fingerprint density at radius 2 is 1.65 bits per heavy atom. The summed E-state index contributed by atoms with van der Waals surface area (Å²) in [5.41, 5.74) is 3.32. The molecule has 6 nitrogen and oxygen atoms in total. The number of aryl methyl sites for hydroxylation is 1. The molecule has 0 atom stereocenters. The lowest BCUT2D eigenvalue weighted by molar-refractivity contribution is 0.100. The number of rotatable bonds is 5. The van der Waals surface area contributed by atoms with Crippen LogP contribution in [0.25, 0.3) is 0 Å². The summed E-state index contributed by atoms with van der Waals surface area (Å²) in [6.45, 7) is 3.50. The van der Waals surface area contributed by atoms with Crippen molar-refractivity contribution in [3.05, 3.63) is 77.5 Å². The van der Waals surface area contributed by atoms with Crippen LogP contribution < -0.4 is 10.6 Å². The molecular weight excluding hydrogens is 328 g/mol. The van der Waals surface area contributed by atoms with Crippen molar-refractivity contribution < 1.29 is 9.59 Å². The van der Waals surface area contributed by atoms with Gasteiger partial charge in [0.25, 0.3) is 5.91 Å². The molecule has 1 heterocycles. The van der Waals surface area contributed by atoms with E-state index in [1.54, 1.807) is 36.4 Å². The normalized spacial score (nSPS) is 10.2. The Morgan fingerprint density at radius 3 is 2.31 bits per heavy atom. The van der Waals surface area contributed by atoms with E-state index in [1.165, 1.54) is 12.5 Å². The Kier molecular flexibility index (Phi) is 5.03. The first-order chi connectivity index (χ1) is 12.5. The van der Waals surface area contributed by atoms with Gasteiger partial charge < -0.3 is 10.6 Å². The Labute approximate surface area is 151 Å². The number of carbonyl (C=O) groups excluding carboxylic acids is 2. The van der Waals surface area contributed by atoms with Crippen LogP contribution in [-0.2, 0) is 0 Å². The minimum absolute atomic E-state index is 0.0626. The molecule has 0 aliphatic heterocycles. The van der Waals surface area contributed by atoms with E-state index in [0.29, 0.717) is 17.1 Å². The van der Waals surface area contributed by atoms with Crippen molar-refractivity contribution in [2.24, 2.45) is 0 Å². The second-order valence-corrected chi connectivity index (χ2v) is 5.89. The van der Waals surface area contributed by atoms with Gasteiger partial charge in [0.05, 0.1) is 0 Å². The monoisotopic (exact) mass is 346 g/mol. The number of Topliss-reactive ketones (excluding diaryl/α,β-unsaturated/α-hetero) is 1. The average molecular weight is 346 g/mol. The zero-order valence-electron chi connectivity index (χ0n) is 14.5. The molecule has 130 valence electrons. The highest BCUT2D eigenvalue weighted by Gasteiger charge is 2.10. The topological polar surface area (TPSA) is 84.0 Å². The first-order valence-corrected chi connectivity index (χ1v) is 8.11. The molecule has 0 radical (unpaired) electrons. The van der Waals surface area contributed by atoms with Crippen LogP contribution in [0.5, 0.6) is 0 Å².